The number of allylic oxidation sites excluding steroid dienone is 8. The summed E-state index contributed by atoms with van der Waals surface area (Å²) in [5.74, 6) is -0.895. The van der Waals surface area contributed by atoms with E-state index in [1.807, 2.05) is 6.08 Å². The zero-order valence-corrected chi connectivity index (χ0v) is 33.2. The first-order valence-electron chi connectivity index (χ1n) is 20.1. The van der Waals surface area contributed by atoms with Gasteiger partial charge in [-0.3, -0.25) is 18.6 Å². The number of carbonyl (C=O) groups is 2. The summed E-state index contributed by atoms with van der Waals surface area (Å²) in [4.78, 5) is 34.7. The Morgan fingerprint density at radius 1 is 0.588 bits per heavy atom. The predicted molar refractivity (Wildman–Crippen MR) is 210 cm³/mol. The fourth-order valence-corrected chi connectivity index (χ4v) is 5.98. The average Bonchev–Trinajstić information content (AvgIpc) is 3.11. The van der Waals surface area contributed by atoms with E-state index in [0.717, 1.165) is 38.5 Å². The summed E-state index contributed by atoms with van der Waals surface area (Å²) in [6.07, 6.45) is 41.4. The lowest BCUT2D eigenvalue weighted by Gasteiger charge is -2.19. The Bertz CT molecular complexity index is 981. The molecule has 0 aromatic heterocycles. The van der Waals surface area contributed by atoms with E-state index in [1.165, 1.54) is 89.9 Å². The van der Waals surface area contributed by atoms with Gasteiger partial charge < -0.3 is 20.1 Å². The highest BCUT2D eigenvalue weighted by molar-refractivity contribution is 7.47. The van der Waals surface area contributed by atoms with Crippen LogP contribution in [-0.4, -0.2) is 49.3 Å². The van der Waals surface area contributed by atoms with Gasteiger partial charge in [0.15, 0.2) is 6.10 Å². The number of ether oxygens (including phenoxy) is 2. The molecule has 0 radical (unpaired) electrons. The van der Waals surface area contributed by atoms with Gasteiger partial charge in [-0.1, -0.05) is 152 Å². The molecule has 296 valence electrons. The lowest BCUT2D eigenvalue weighted by Crippen LogP contribution is -2.29. The van der Waals surface area contributed by atoms with Crippen molar-refractivity contribution in [3.63, 3.8) is 0 Å². The minimum absolute atomic E-state index is 0.0442. The Kier molecular flexibility index (Phi) is 36.2. The lowest BCUT2D eigenvalue weighted by molar-refractivity contribution is -0.161. The maximum atomic E-state index is 12.5. The molecule has 0 bridgehead atoms. The van der Waals surface area contributed by atoms with Crippen molar-refractivity contribution in [3.05, 3.63) is 48.6 Å². The van der Waals surface area contributed by atoms with Gasteiger partial charge in [0.05, 0.1) is 13.2 Å². The standard InChI is InChI=1S/C41H74NO8P/c1-3-5-7-9-11-13-15-17-18-19-20-22-24-26-28-30-32-34-41(44)50-39(38-49-51(45,46)48-36-35-42)37-47-40(43)33-31-29-27-25-23-21-16-14-12-10-8-6-4-2/h11,13,17-18,20,22,26,28,39H,3-10,12,14-16,19,21,23-25,27,29-38,42H2,1-2H3,(H,45,46)/b13-11-,18-17-,22-20-,28-26-/t39-/m1/s1. The molecule has 0 heterocycles. The van der Waals surface area contributed by atoms with Crippen molar-refractivity contribution < 1.29 is 37.6 Å². The van der Waals surface area contributed by atoms with Crippen molar-refractivity contribution in [3.8, 4) is 0 Å². The highest BCUT2D eigenvalue weighted by Crippen LogP contribution is 2.43. The van der Waals surface area contributed by atoms with Crippen LogP contribution in [0.4, 0.5) is 0 Å². The Hall–Kier alpha value is -2.03. The summed E-state index contributed by atoms with van der Waals surface area (Å²) in [7, 11) is -4.39. The van der Waals surface area contributed by atoms with E-state index < -0.39 is 32.5 Å². The molecular formula is C41H74NO8P. The second kappa shape index (κ2) is 37.7. The van der Waals surface area contributed by atoms with Crippen LogP contribution in [0.15, 0.2) is 48.6 Å². The van der Waals surface area contributed by atoms with Gasteiger partial charge in [0.25, 0.3) is 0 Å². The topological polar surface area (TPSA) is 134 Å². The van der Waals surface area contributed by atoms with Crippen LogP contribution in [0, 0.1) is 0 Å². The molecule has 0 aliphatic heterocycles. The van der Waals surface area contributed by atoms with Gasteiger partial charge in [0.1, 0.15) is 6.61 Å². The summed E-state index contributed by atoms with van der Waals surface area (Å²) in [5.41, 5.74) is 5.33. The van der Waals surface area contributed by atoms with Crippen molar-refractivity contribution in [1.29, 1.82) is 0 Å². The zero-order valence-electron chi connectivity index (χ0n) is 32.3. The van der Waals surface area contributed by atoms with Crippen LogP contribution in [0.3, 0.4) is 0 Å². The van der Waals surface area contributed by atoms with Gasteiger partial charge >= 0.3 is 19.8 Å². The third-order valence-corrected chi connectivity index (χ3v) is 9.20. The third kappa shape index (κ3) is 37.5. The van der Waals surface area contributed by atoms with Crippen LogP contribution in [0.5, 0.6) is 0 Å². The van der Waals surface area contributed by atoms with Gasteiger partial charge in [0, 0.05) is 19.4 Å². The summed E-state index contributed by atoms with van der Waals surface area (Å²) in [5, 5.41) is 0. The Balaban J connectivity index is 4.30. The van der Waals surface area contributed by atoms with Crippen molar-refractivity contribution in [2.75, 3.05) is 26.4 Å². The van der Waals surface area contributed by atoms with Crippen molar-refractivity contribution in [1.82, 2.24) is 0 Å². The molecule has 0 aliphatic carbocycles. The molecular weight excluding hydrogens is 665 g/mol. The normalized spacial score (nSPS) is 13.9. The number of phosphoric acid groups is 1. The molecule has 9 nitrogen and oxygen atoms in total. The van der Waals surface area contributed by atoms with Gasteiger partial charge in [-0.05, 0) is 51.4 Å². The molecule has 0 rings (SSSR count). The van der Waals surface area contributed by atoms with Gasteiger partial charge in [-0.25, -0.2) is 4.57 Å². The number of esters is 2. The summed E-state index contributed by atoms with van der Waals surface area (Å²) < 4.78 is 32.6. The number of phosphoric ester groups is 1. The van der Waals surface area contributed by atoms with E-state index in [1.54, 1.807) is 0 Å². The highest BCUT2D eigenvalue weighted by Gasteiger charge is 2.25. The molecule has 10 heteroatoms. The van der Waals surface area contributed by atoms with Crippen molar-refractivity contribution in [2.45, 2.75) is 174 Å². The largest absolute Gasteiger partial charge is 0.472 e. The summed E-state index contributed by atoms with van der Waals surface area (Å²) >= 11 is 0. The highest BCUT2D eigenvalue weighted by atomic mass is 31.2. The number of nitrogens with two attached hydrogens (primary N) is 1. The molecule has 0 aromatic rings. The third-order valence-electron chi connectivity index (χ3n) is 8.22. The van der Waals surface area contributed by atoms with Crippen LogP contribution in [0.2, 0.25) is 0 Å². The Morgan fingerprint density at radius 3 is 1.57 bits per heavy atom. The van der Waals surface area contributed by atoms with Gasteiger partial charge in [0.2, 0.25) is 0 Å². The maximum absolute atomic E-state index is 12.5. The Labute approximate surface area is 311 Å². The minimum atomic E-state index is -4.39. The first-order chi connectivity index (χ1) is 24.8. The number of hydrogen-bond acceptors (Lipinski definition) is 8. The van der Waals surface area contributed by atoms with Crippen LogP contribution < -0.4 is 5.73 Å². The van der Waals surface area contributed by atoms with Crippen molar-refractivity contribution in [2.24, 2.45) is 5.73 Å². The first-order valence-corrected chi connectivity index (χ1v) is 21.6. The molecule has 0 aromatic carbocycles. The van der Waals surface area contributed by atoms with Crippen LogP contribution in [0.1, 0.15) is 168 Å². The van der Waals surface area contributed by atoms with Crippen molar-refractivity contribution >= 4 is 19.8 Å². The fraction of sp³-hybridized carbons (Fsp3) is 0.756. The van der Waals surface area contributed by atoms with Crippen LogP contribution in [-0.2, 0) is 32.7 Å². The van der Waals surface area contributed by atoms with Gasteiger partial charge in [-0.15, -0.1) is 0 Å². The lowest BCUT2D eigenvalue weighted by atomic mass is 10.0. The van der Waals surface area contributed by atoms with Gasteiger partial charge in [-0.2, -0.15) is 0 Å². The Morgan fingerprint density at radius 2 is 1.04 bits per heavy atom. The average molecular weight is 740 g/mol. The van der Waals surface area contributed by atoms with E-state index in [-0.39, 0.29) is 32.6 Å². The van der Waals surface area contributed by atoms with E-state index in [0.29, 0.717) is 12.8 Å². The van der Waals surface area contributed by atoms with E-state index in [2.05, 4.69) is 56.4 Å². The molecule has 0 saturated carbocycles. The minimum Gasteiger partial charge on any atom is -0.462 e. The fourth-order valence-electron chi connectivity index (χ4n) is 5.21. The van der Waals surface area contributed by atoms with Crippen LogP contribution in [0.25, 0.3) is 0 Å². The number of carbonyl (C=O) groups excluding carboxylic acids is 2. The molecule has 3 N–H and O–H groups in total. The summed E-state index contributed by atoms with van der Waals surface area (Å²) in [6.45, 7) is 3.63. The second-order valence-corrected chi connectivity index (χ2v) is 14.6. The zero-order chi connectivity index (χ0) is 37.5. The second-order valence-electron chi connectivity index (χ2n) is 13.2. The van der Waals surface area contributed by atoms with E-state index in [9.17, 15) is 19.0 Å². The van der Waals surface area contributed by atoms with E-state index >= 15 is 0 Å². The molecule has 0 saturated heterocycles. The quantitative estimate of drug-likeness (QED) is 0.0276. The number of hydrogen-bond donors (Lipinski definition) is 2. The molecule has 2 atom stereocenters. The molecule has 51 heavy (non-hydrogen) atoms. The molecule has 0 amide bonds. The predicted octanol–water partition coefficient (Wildman–Crippen LogP) is 11.2. The SMILES string of the molecule is CCCCC/C=C\C/C=C\C/C=C\C/C=C\CCCC(=O)O[C@H](COC(=O)CCCCCCCCCCCCCCC)COP(=O)(O)OCCN. The first kappa shape index (κ1) is 49.0. The maximum Gasteiger partial charge on any atom is 0.472 e. The molecule has 0 aliphatic rings. The van der Waals surface area contributed by atoms with E-state index in [4.69, 9.17) is 24.3 Å². The summed E-state index contributed by atoms with van der Waals surface area (Å²) in [6, 6.07) is 0. The molecule has 1 unspecified atom stereocenters. The smallest absolute Gasteiger partial charge is 0.462 e. The monoisotopic (exact) mass is 740 g/mol. The van der Waals surface area contributed by atoms with Crippen LogP contribution >= 0.6 is 7.82 Å². The molecule has 0 spiro atoms. The molecule has 0 fully saturated rings. The number of unbranched alkanes of at least 4 members (excludes halogenated alkanes) is 16. The number of rotatable bonds is 37.